The molecule has 0 spiro atoms. The number of hydrogen-bond donors (Lipinski definition) is 0. The predicted octanol–water partition coefficient (Wildman–Crippen LogP) is 3.32. The van der Waals surface area contributed by atoms with Crippen LogP contribution in [0.15, 0.2) is 36.4 Å². The molecular formula is C12H8. The lowest BCUT2D eigenvalue weighted by Crippen LogP contribution is -1.76. The molecule has 0 unspecified atom stereocenters. The van der Waals surface area contributed by atoms with Crippen molar-refractivity contribution in [1.29, 1.82) is 0 Å². The molecule has 0 amide bonds. The average molecular weight is 158 g/mol. The first-order valence-corrected chi connectivity index (χ1v) is 4.15. The molecule has 0 saturated heterocycles. The Kier molecular flexibility index (Phi) is 0.991. The van der Waals surface area contributed by atoms with E-state index in [4.69, 9.17) is 0 Å². The van der Waals surface area contributed by atoms with Gasteiger partial charge in [0.2, 0.25) is 0 Å². The van der Waals surface area contributed by atoms with Gasteiger partial charge < -0.3 is 0 Å². The summed E-state index contributed by atoms with van der Waals surface area (Å²) in [6.45, 7) is 0. The van der Waals surface area contributed by atoms with Crippen LogP contribution in [0, 0.1) is 0 Å². The minimum Gasteiger partial charge on any atom is -0.0610 e. The topological polar surface area (TPSA) is 0 Å². The zero-order valence-electron chi connectivity index (χ0n) is 6.62. The molecular weight excluding hydrogens is 150 g/mol. The highest BCUT2D eigenvalue weighted by molar-refractivity contribution is 6.04. The maximum atomic E-state index is 2.18. The Hall–Kier alpha value is -1.56. The molecule has 0 radical (unpaired) electrons. The van der Waals surface area contributed by atoms with Crippen molar-refractivity contribution >= 4 is 22.9 Å². The highest BCUT2D eigenvalue weighted by Crippen LogP contribution is 2.30. The molecule has 0 bridgehead atoms. The van der Waals surface area contributed by atoms with Crippen molar-refractivity contribution < 1.29 is 0 Å². The van der Waals surface area contributed by atoms with Crippen LogP contribution in [-0.4, -0.2) is 0 Å². The molecule has 0 heteroatoms. The van der Waals surface area contributed by atoms with E-state index in [2.05, 4.69) is 48.6 Å². The maximum absolute atomic E-state index is 2.18. The third-order valence-corrected chi connectivity index (χ3v) is 2.41. The van der Waals surface area contributed by atoms with Gasteiger partial charge in [0.15, 0.2) is 0 Å². The third-order valence-electron chi connectivity index (χ3n) is 2.41. The molecule has 2 aromatic rings. The largest absolute Gasteiger partial charge is 0.0610 e. The summed E-state index contributed by atoms with van der Waals surface area (Å²) < 4.78 is 0. The summed E-state index contributed by atoms with van der Waals surface area (Å²) in [6.07, 6.45) is 4.36. The van der Waals surface area contributed by atoms with E-state index in [1.165, 1.54) is 21.9 Å². The van der Waals surface area contributed by atoms with Crippen molar-refractivity contribution in [3.63, 3.8) is 0 Å². The van der Waals surface area contributed by atoms with Crippen LogP contribution in [0.1, 0.15) is 11.1 Å². The van der Waals surface area contributed by atoms with Gasteiger partial charge in [0.05, 0.1) is 0 Å². The normalized spacial score (nSPS) is 12.7. The fourth-order valence-corrected chi connectivity index (χ4v) is 1.86. The van der Waals surface area contributed by atoms with E-state index in [1.807, 2.05) is 0 Å². The smallest absolute Gasteiger partial charge is 0.00389 e. The molecule has 1 aliphatic carbocycles. The van der Waals surface area contributed by atoms with Gasteiger partial charge in [0.1, 0.15) is 0 Å². The van der Waals surface area contributed by atoms with Crippen LogP contribution in [0.4, 0.5) is 0 Å². The van der Waals surface area contributed by atoms with E-state index in [-0.39, 0.29) is 0 Å². The van der Waals surface area contributed by atoms with Gasteiger partial charge >= 0.3 is 0 Å². The zero-order chi connectivity index (χ0) is 7.97. The van der Waals surface area contributed by atoms with E-state index in [9.17, 15) is 0 Å². The first-order chi connectivity index (χ1) is 5.95. The van der Waals surface area contributed by atoms with Crippen LogP contribution in [0.5, 0.6) is 0 Å². The van der Waals surface area contributed by atoms with Crippen molar-refractivity contribution in [2.45, 2.75) is 0 Å². The molecule has 0 aliphatic heterocycles. The lowest BCUT2D eigenvalue weighted by atomic mass is 10.2. The minimum absolute atomic E-state index is 1.34. The number of rotatable bonds is 0. The zero-order valence-corrected chi connectivity index (χ0v) is 6.62. The molecule has 0 N–H and O–H groups in total. The third kappa shape index (κ3) is 0.620. The van der Waals surface area contributed by atoms with Gasteiger partial charge in [-0.2, -0.15) is 0 Å². The summed E-state index contributed by atoms with van der Waals surface area (Å²) in [7, 11) is 0. The molecule has 0 fully saturated rings. The standard InChI is InChI=1S/C12H8/c1-3-9-4-2-6-11-8-7-10(5-1)12(9)11/h1-8H/i1+1,3+1,5+1,7+1,8+1,10+1. The van der Waals surface area contributed by atoms with Crippen molar-refractivity contribution in [2.24, 2.45) is 0 Å². The van der Waals surface area contributed by atoms with Gasteiger partial charge in [-0.05, 0) is 21.9 Å². The van der Waals surface area contributed by atoms with Crippen molar-refractivity contribution in [2.75, 3.05) is 0 Å². The second kappa shape index (κ2) is 1.98. The van der Waals surface area contributed by atoms with Crippen molar-refractivity contribution in [3.8, 4) is 0 Å². The molecule has 0 aromatic heterocycles. The van der Waals surface area contributed by atoms with Gasteiger partial charge in [-0.3, -0.25) is 0 Å². The molecule has 56 valence electrons. The number of hydrogen-bond acceptors (Lipinski definition) is 0. The second-order valence-corrected chi connectivity index (χ2v) is 3.13. The molecule has 0 saturated carbocycles. The van der Waals surface area contributed by atoms with Gasteiger partial charge in [-0.25, -0.2) is 0 Å². The Bertz CT molecular complexity index is 438. The van der Waals surface area contributed by atoms with Crippen LogP contribution in [0.3, 0.4) is 0 Å². The highest BCUT2D eigenvalue weighted by Gasteiger charge is 2.06. The quantitative estimate of drug-likeness (QED) is 0.440. The summed E-state index contributed by atoms with van der Waals surface area (Å²) in [5.74, 6) is 0. The first-order valence-electron chi connectivity index (χ1n) is 4.15. The fraction of sp³-hybridized carbons (Fsp3) is 0. The first kappa shape index (κ1) is 6.01. The van der Waals surface area contributed by atoms with Gasteiger partial charge in [-0.15, -0.1) is 0 Å². The Morgan fingerprint density at radius 1 is 0.667 bits per heavy atom. The predicted molar refractivity (Wildman–Crippen MR) is 52.9 cm³/mol. The molecule has 0 atom stereocenters. The Morgan fingerprint density at radius 2 is 1.25 bits per heavy atom. The van der Waals surface area contributed by atoms with Crippen LogP contribution < -0.4 is 0 Å². The second-order valence-electron chi connectivity index (χ2n) is 3.13. The Morgan fingerprint density at radius 3 is 1.83 bits per heavy atom. The van der Waals surface area contributed by atoms with E-state index in [1.54, 1.807) is 0 Å². The monoisotopic (exact) mass is 158 g/mol. The maximum Gasteiger partial charge on any atom is -0.00389 e. The van der Waals surface area contributed by atoms with Crippen LogP contribution in [-0.2, 0) is 0 Å². The van der Waals surface area contributed by atoms with Gasteiger partial charge in [0, 0.05) is 0 Å². The highest BCUT2D eigenvalue weighted by atomic mass is 14.8. The summed E-state index contributed by atoms with van der Waals surface area (Å²) in [4.78, 5) is 0. The minimum atomic E-state index is 1.34. The SMILES string of the molecule is c1cc2c3c(c1)[13cH][13cH][13cH][13c]3[13CH]=[13CH]2. The van der Waals surface area contributed by atoms with E-state index < -0.39 is 0 Å². The van der Waals surface area contributed by atoms with Gasteiger partial charge in [0.25, 0.3) is 0 Å². The van der Waals surface area contributed by atoms with Crippen LogP contribution in [0.2, 0.25) is 0 Å². The Balaban J connectivity index is 2.64. The van der Waals surface area contributed by atoms with Crippen LogP contribution >= 0.6 is 0 Å². The molecule has 0 nitrogen and oxygen atoms in total. The van der Waals surface area contributed by atoms with Crippen molar-refractivity contribution in [1.82, 2.24) is 0 Å². The molecule has 1 aliphatic rings. The van der Waals surface area contributed by atoms with E-state index >= 15 is 0 Å². The van der Waals surface area contributed by atoms with Gasteiger partial charge in [-0.1, -0.05) is 48.6 Å². The van der Waals surface area contributed by atoms with E-state index in [0.717, 1.165) is 0 Å². The lowest BCUT2D eigenvalue weighted by molar-refractivity contribution is 1.72. The summed E-state index contributed by atoms with van der Waals surface area (Å²) >= 11 is 0. The molecule has 0 heterocycles. The summed E-state index contributed by atoms with van der Waals surface area (Å²) in [5, 5.41) is 2.75. The molecule has 12 heavy (non-hydrogen) atoms. The summed E-state index contributed by atoms with van der Waals surface area (Å²) in [6, 6.07) is 12.9. The number of benzene rings is 2. The summed E-state index contributed by atoms with van der Waals surface area (Å²) in [5.41, 5.74) is 2.70. The average Bonchev–Trinajstić information content (AvgIpc) is 2.52. The van der Waals surface area contributed by atoms with Crippen molar-refractivity contribution in [3.05, 3.63) is 47.5 Å². The lowest BCUT2D eigenvalue weighted by Gasteiger charge is -1.99. The van der Waals surface area contributed by atoms with E-state index in [0.29, 0.717) is 0 Å². The Labute approximate surface area is 71.1 Å². The molecule has 3 rings (SSSR count). The van der Waals surface area contributed by atoms with Crippen LogP contribution in [0.25, 0.3) is 22.9 Å². The molecule has 2 aromatic carbocycles. The fourth-order valence-electron chi connectivity index (χ4n) is 1.86.